The number of aliphatic imine (C=N–C) groups is 1. The minimum Gasteiger partial charge on any atom is -0.376 e. The Labute approximate surface area is 178 Å². The normalized spacial score (nSPS) is 10.8. The van der Waals surface area contributed by atoms with Gasteiger partial charge in [0.25, 0.3) is 0 Å². The number of ether oxygens (including phenoxy) is 1. The van der Waals surface area contributed by atoms with E-state index in [4.69, 9.17) is 17.0 Å². The lowest BCUT2D eigenvalue weighted by Crippen LogP contribution is -2.34. The number of nitrogens with zero attached hydrogens (tertiary/aromatic N) is 1. The molecule has 0 aromatic heterocycles. The van der Waals surface area contributed by atoms with E-state index in [0.717, 1.165) is 30.8 Å². The number of hydrogen-bond acceptors (Lipinski definition) is 4. The van der Waals surface area contributed by atoms with Gasteiger partial charge in [0.2, 0.25) is 0 Å². The van der Waals surface area contributed by atoms with E-state index in [1.165, 1.54) is 11.1 Å². The maximum absolute atomic E-state index is 5.69. The summed E-state index contributed by atoms with van der Waals surface area (Å²) in [5.74, 6) is 0. The molecule has 0 saturated carbocycles. The Balaban J connectivity index is 1.81. The zero-order chi connectivity index (χ0) is 20.4. The fourth-order valence-corrected chi connectivity index (χ4v) is 3.12. The number of nitrogens with one attached hydrogen (secondary N) is 2. The van der Waals surface area contributed by atoms with Crippen molar-refractivity contribution in [3.63, 3.8) is 0 Å². The molecule has 0 bridgehead atoms. The van der Waals surface area contributed by atoms with Crippen LogP contribution in [0.5, 0.6) is 0 Å². The lowest BCUT2D eigenvalue weighted by molar-refractivity contribution is -0.0148. The number of anilines is 1. The Morgan fingerprint density at radius 1 is 1.07 bits per heavy atom. The van der Waals surface area contributed by atoms with Crippen molar-refractivity contribution in [1.82, 2.24) is 5.32 Å². The van der Waals surface area contributed by atoms with Gasteiger partial charge in [-0.1, -0.05) is 24.3 Å². The summed E-state index contributed by atoms with van der Waals surface area (Å²) in [6.07, 6.45) is 1.74. The van der Waals surface area contributed by atoms with Gasteiger partial charge in [-0.15, -0.1) is 0 Å². The standard InChI is InChI=1S/C22H27N3OS2/c1-4-26-22(2,3)13-14-23-21(28)25-20-11-7-18(8-12-20)15-17-5-9-19(10-6-17)24-16-27/h5-12H,4,13-15H2,1-3H3,(H2,23,25,28). The van der Waals surface area contributed by atoms with Gasteiger partial charge in [-0.2, -0.15) is 4.99 Å². The van der Waals surface area contributed by atoms with Crippen LogP contribution in [-0.2, 0) is 11.2 Å². The van der Waals surface area contributed by atoms with Gasteiger partial charge in [0.1, 0.15) is 0 Å². The highest BCUT2D eigenvalue weighted by atomic mass is 32.1. The van der Waals surface area contributed by atoms with Crippen LogP contribution in [-0.4, -0.2) is 29.0 Å². The zero-order valence-electron chi connectivity index (χ0n) is 16.6. The van der Waals surface area contributed by atoms with Crippen LogP contribution in [0.25, 0.3) is 0 Å². The SMILES string of the molecule is CCOC(C)(C)CCNC(=S)Nc1ccc(Cc2ccc(N=C=S)cc2)cc1. The summed E-state index contributed by atoms with van der Waals surface area (Å²) >= 11 is 10.00. The van der Waals surface area contributed by atoms with Gasteiger partial charge < -0.3 is 15.4 Å². The molecule has 0 aliphatic heterocycles. The van der Waals surface area contributed by atoms with Crippen LogP contribution in [0.1, 0.15) is 38.3 Å². The molecule has 148 valence electrons. The van der Waals surface area contributed by atoms with E-state index in [9.17, 15) is 0 Å². The van der Waals surface area contributed by atoms with E-state index in [2.05, 4.69) is 71.1 Å². The molecule has 2 aromatic rings. The lowest BCUT2D eigenvalue weighted by atomic mass is 10.0. The van der Waals surface area contributed by atoms with Gasteiger partial charge in [-0.3, -0.25) is 0 Å². The zero-order valence-corrected chi connectivity index (χ0v) is 18.3. The Morgan fingerprint density at radius 3 is 2.25 bits per heavy atom. The molecule has 6 heteroatoms. The summed E-state index contributed by atoms with van der Waals surface area (Å²) in [5.41, 5.74) is 4.10. The number of isothiocyanates is 1. The molecule has 0 saturated heterocycles. The molecule has 2 aromatic carbocycles. The van der Waals surface area contributed by atoms with Gasteiger partial charge >= 0.3 is 0 Å². The highest BCUT2D eigenvalue weighted by molar-refractivity contribution is 7.80. The predicted molar refractivity (Wildman–Crippen MR) is 125 cm³/mol. The van der Waals surface area contributed by atoms with Crippen LogP contribution in [0.2, 0.25) is 0 Å². The first kappa shape index (κ1) is 22.2. The van der Waals surface area contributed by atoms with E-state index in [1.54, 1.807) is 0 Å². The first-order valence-electron chi connectivity index (χ1n) is 9.36. The second kappa shape index (κ2) is 11.0. The third-order valence-electron chi connectivity index (χ3n) is 4.28. The molecule has 28 heavy (non-hydrogen) atoms. The van der Waals surface area contributed by atoms with Gasteiger partial charge in [-0.25, -0.2) is 0 Å². The van der Waals surface area contributed by atoms with Crippen molar-refractivity contribution in [3.05, 3.63) is 59.7 Å². The van der Waals surface area contributed by atoms with Crippen molar-refractivity contribution < 1.29 is 4.74 Å². The van der Waals surface area contributed by atoms with Crippen LogP contribution < -0.4 is 10.6 Å². The predicted octanol–water partition coefficient (Wildman–Crippen LogP) is 5.50. The summed E-state index contributed by atoms with van der Waals surface area (Å²) in [7, 11) is 0. The lowest BCUT2D eigenvalue weighted by Gasteiger charge is -2.25. The van der Waals surface area contributed by atoms with Gasteiger partial charge in [-0.05, 0) is 93.4 Å². The maximum atomic E-state index is 5.69. The third-order valence-corrected chi connectivity index (χ3v) is 4.62. The van der Waals surface area contributed by atoms with Crippen LogP contribution >= 0.6 is 24.4 Å². The average molecular weight is 414 g/mol. The Morgan fingerprint density at radius 2 is 1.68 bits per heavy atom. The molecule has 0 aliphatic carbocycles. The molecule has 2 rings (SSSR count). The molecule has 2 N–H and O–H groups in total. The number of benzene rings is 2. The maximum Gasteiger partial charge on any atom is 0.170 e. The minimum absolute atomic E-state index is 0.146. The molecule has 0 unspecified atom stereocenters. The Bertz CT molecular complexity index is 811. The van der Waals surface area contributed by atoms with Crippen molar-refractivity contribution in [2.75, 3.05) is 18.5 Å². The highest BCUT2D eigenvalue weighted by Gasteiger charge is 2.16. The van der Waals surface area contributed by atoms with Crippen LogP contribution in [0.4, 0.5) is 11.4 Å². The highest BCUT2D eigenvalue weighted by Crippen LogP contribution is 2.17. The summed E-state index contributed by atoms with van der Waals surface area (Å²) in [5, 5.41) is 9.46. The third kappa shape index (κ3) is 7.87. The van der Waals surface area contributed by atoms with Crippen LogP contribution in [0, 0.1) is 0 Å². The Hall–Kier alpha value is -2.11. The van der Waals surface area contributed by atoms with E-state index in [0.29, 0.717) is 11.7 Å². The molecular formula is C22H27N3OS2. The second-order valence-electron chi connectivity index (χ2n) is 7.07. The molecule has 0 spiro atoms. The van der Waals surface area contributed by atoms with E-state index in [1.807, 2.05) is 31.2 Å². The quantitative estimate of drug-likeness (QED) is 0.420. The van der Waals surface area contributed by atoms with Crippen molar-refractivity contribution in [1.29, 1.82) is 0 Å². The van der Waals surface area contributed by atoms with E-state index >= 15 is 0 Å². The first-order chi connectivity index (χ1) is 13.4. The van der Waals surface area contributed by atoms with Crippen molar-refractivity contribution in [2.24, 2.45) is 4.99 Å². The smallest absolute Gasteiger partial charge is 0.170 e. The largest absolute Gasteiger partial charge is 0.376 e. The van der Waals surface area contributed by atoms with Gasteiger partial charge in [0.15, 0.2) is 5.11 Å². The summed E-state index contributed by atoms with van der Waals surface area (Å²) < 4.78 is 5.69. The van der Waals surface area contributed by atoms with Gasteiger partial charge in [0, 0.05) is 18.8 Å². The van der Waals surface area contributed by atoms with Gasteiger partial charge in [0.05, 0.1) is 16.4 Å². The molecule has 0 radical (unpaired) electrons. The molecule has 0 fully saturated rings. The second-order valence-corrected chi connectivity index (χ2v) is 7.66. The van der Waals surface area contributed by atoms with Crippen LogP contribution in [0.3, 0.4) is 0 Å². The van der Waals surface area contributed by atoms with E-state index in [-0.39, 0.29) is 5.60 Å². The van der Waals surface area contributed by atoms with Crippen molar-refractivity contribution in [2.45, 2.75) is 39.2 Å². The molecular weight excluding hydrogens is 386 g/mol. The average Bonchev–Trinajstić information content (AvgIpc) is 2.65. The molecule has 0 aliphatic rings. The fraction of sp³-hybridized carbons (Fsp3) is 0.364. The molecule has 0 atom stereocenters. The molecule has 4 nitrogen and oxygen atoms in total. The summed E-state index contributed by atoms with van der Waals surface area (Å²) in [4.78, 5) is 3.97. The topological polar surface area (TPSA) is 45.6 Å². The Kier molecular flexibility index (Phi) is 8.74. The minimum atomic E-state index is -0.146. The number of rotatable bonds is 9. The monoisotopic (exact) mass is 413 g/mol. The molecule has 0 heterocycles. The van der Waals surface area contributed by atoms with Crippen molar-refractivity contribution in [3.8, 4) is 0 Å². The number of hydrogen-bond donors (Lipinski definition) is 2. The van der Waals surface area contributed by atoms with E-state index < -0.39 is 0 Å². The molecule has 0 amide bonds. The summed E-state index contributed by atoms with van der Waals surface area (Å²) in [6.45, 7) is 7.67. The fourth-order valence-electron chi connectivity index (χ4n) is 2.80. The summed E-state index contributed by atoms with van der Waals surface area (Å²) in [6, 6.07) is 16.3. The van der Waals surface area contributed by atoms with Crippen molar-refractivity contribution >= 4 is 46.1 Å². The van der Waals surface area contributed by atoms with Crippen LogP contribution in [0.15, 0.2) is 53.5 Å². The number of thiocarbonyl (C=S) groups is 2. The first-order valence-corrected chi connectivity index (χ1v) is 10.2.